The lowest BCUT2D eigenvalue weighted by molar-refractivity contribution is -0.126. The van der Waals surface area contributed by atoms with Gasteiger partial charge in [-0.15, -0.1) is 0 Å². The third-order valence-electron chi connectivity index (χ3n) is 5.80. The summed E-state index contributed by atoms with van der Waals surface area (Å²) in [5.74, 6) is -1.43. The van der Waals surface area contributed by atoms with Crippen molar-refractivity contribution in [3.05, 3.63) is 94.0 Å². The van der Waals surface area contributed by atoms with E-state index in [1.807, 2.05) is 42.5 Å². The molecule has 31 heavy (non-hydrogen) atoms. The summed E-state index contributed by atoms with van der Waals surface area (Å²) in [4.78, 5) is 34.3. The molecule has 2 fully saturated rings. The Morgan fingerprint density at radius 1 is 0.871 bits per heavy atom. The summed E-state index contributed by atoms with van der Waals surface area (Å²) in [7, 11) is 0. The number of nitrogens with zero attached hydrogens (tertiary/aromatic N) is 2. The van der Waals surface area contributed by atoms with Crippen LogP contribution in [0.1, 0.15) is 17.2 Å². The maximum atomic E-state index is 13.6. The topological polar surface area (TPSA) is 49.9 Å². The van der Waals surface area contributed by atoms with Crippen LogP contribution >= 0.6 is 23.2 Å². The molecule has 2 heterocycles. The number of amides is 2. The van der Waals surface area contributed by atoms with Crippen molar-refractivity contribution in [2.45, 2.75) is 19.1 Å². The molecule has 0 bridgehead atoms. The molecule has 2 saturated heterocycles. The van der Waals surface area contributed by atoms with Gasteiger partial charge >= 0.3 is 0 Å². The summed E-state index contributed by atoms with van der Waals surface area (Å²) in [6.45, 7) is 1.79. The Morgan fingerprint density at radius 2 is 1.61 bits per heavy atom. The minimum absolute atomic E-state index is 0.316. The van der Waals surface area contributed by atoms with E-state index in [0.717, 1.165) is 11.3 Å². The van der Waals surface area contributed by atoms with E-state index in [-0.39, 0.29) is 5.91 Å². The quantitative estimate of drug-likeness (QED) is 0.502. The molecule has 0 N–H and O–H groups in total. The average Bonchev–Trinajstić information content (AvgIpc) is 3.27. The fourth-order valence-corrected chi connectivity index (χ4v) is 4.69. The highest BCUT2D eigenvalue weighted by Gasteiger charge is 2.60. The number of carbonyl (C=O) groups excluding carboxylic acids is 2. The van der Waals surface area contributed by atoms with E-state index < -0.39 is 24.0 Å². The molecule has 0 saturated carbocycles. The zero-order chi connectivity index (χ0) is 21.7. The van der Waals surface area contributed by atoms with E-state index in [0.29, 0.717) is 21.3 Å². The van der Waals surface area contributed by atoms with Crippen molar-refractivity contribution in [3.8, 4) is 0 Å². The minimum Gasteiger partial charge on any atom is -0.273 e. The van der Waals surface area contributed by atoms with E-state index in [1.54, 1.807) is 42.3 Å². The number of fused-ring (bicyclic) bond motifs is 1. The molecule has 0 radical (unpaired) electrons. The summed E-state index contributed by atoms with van der Waals surface area (Å²) in [5.41, 5.74) is 2.71. The third kappa shape index (κ3) is 3.21. The van der Waals surface area contributed by atoms with Gasteiger partial charge in [-0.05, 0) is 54.4 Å². The number of imide groups is 1. The lowest BCUT2D eigenvalue weighted by Gasteiger charge is -2.29. The zero-order valence-corrected chi connectivity index (χ0v) is 18.0. The first-order valence-electron chi connectivity index (χ1n) is 9.87. The Labute approximate surface area is 189 Å². The van der Waals surface area contributed by atoms with Crippen LogP contribution in [0.15, 0.2) is 72.8 Å². The summed E-state index contributed by atoms with van der Waals surface area (Å²) in [5, 5.41) is 2.69. The van der Waals surface area contributed by atoms with Gasteiger partial charge in [-0.25, -0.2) is 9.96 Å². The standard InChI is InChI=1S/C24H18Cl2N2O3/c1-14-18(26)11-6-12-19(14)27-23(29)20-21(15-7-5-8-16(25)13-15)28(31-22(20)24(27)30)17-9-3-2-4-10-17/h2-13,20-22H,1H3/t20-,21+,22-/m1/s1. The van der Waals surface area contributed by atoms with Gasteiger partial charge in [0, 0.05) is 10.0 Å². The Bertz CT molecular complexity index is 1180. The van der Waals surface area contributed by atoms with Gasteiger partial charge < -0.3 is 0 Å². The first-order chi connectivity index (χ1) is 15.0. The number of halogens is 2. The zero-order valence-electron chi connectivity index (χ0n) is 16.5. The van der Waals surface area contributed by atoms with Crippen molar-refractivity contribution in [3.63, 3.8) is 0 Å². The lowest BCUT2D eigenvalue weighted by Crippen LogP contribution is -2.37. The van der Waals surface area contributed by atoms with Crippen LogP contribution in [0.4, 0.5) is 11.4 Å². The highest BCUT2D eigenvalue weighted by Crippen LogP contribution is 2.48. The van der Waals surface area contributed by atoms with Crippen LogP contribution in [0, 0.1) is 12.8 Å². The molecule has 5 rings (SSSR count). The molecule has 3 aromatic rings. The number of benzene rings is 3. The molecule has 2 amide bonds. The van der Waals surface area contributed by atoms with Gasteiger partial charge in [0.2, 0.25) is 5.91 Å². The molecule has 0 spiro atoms. The molecule has 0 aromatic heterocycles. The molecule has 3 atom stereocenters. The van der Waals surface area contributed by atoms with E-state index in [9.17, 15) is 9.59 Å². The predicted molar refractivity (Wildman–Crippen MR) is 120 cm³/mol. The maximum absolute atomic E-state index is 13.6. The highest BCUT2D eigenvalue weighted by atomic mass is 35.5. The smallest absolute Gasteiger partial charge is 0.266 e. The molecule has 7 heteroatoms. The molecule has 5 nitrogen and oxygen atoms in total. The normalized spacial score (nSPS) is 22.9. The summed E-state index contributed by atoms with van der Waals surface area (Å²) >= 11 is 12.5. The van der Waals surface area contributed by atoms with Gasteiger partial charge in [-0.1, -0.05) is 59.6 Å². The van der Waals surface area contributed by atoms with Crippen LogP contribution in [-0.2, 0) is 14.4 Å². The summed E-state index contributed by atoms with van der Waals surface area (Å²) < 4.78 is 0. The molecule has 3 aromatic carbocycles. The summed E-state index contributed by atoms with van der Waals surface area (Å²) in [6.07, 6.45) is -0.935. The number of carbonyl (C=O) groups is 2. The lowest BCUT2D eigenvalue weighted by atomic mass is 9.90. The average molecular weight is 453 g/mol. The first-order valence-corrected chi connectivity index (χ1v) is 10.6. The van der Waals surface area contributed by atoms with E-state index in [4.69, 9.17) is 28.0 Å². The van der Waals surface area contributed by atoms with Crippen molar-refractivity contribution in [2.75, 3.05) is 9.96 Å². The van der Waals surface area contributed by atoms with Crippen LogP contribution in [0.5, 0.6) is 0 Å². The maximum Gasteiger partial charge on any atom is 0.266 e. The number of hydrogen-bond acceptors (Lipinski definition) is 4. The van der Waals surface area contributed by atoms with Crippen LogP contribution < -0.4 is 9.96 Å². The second kappa shape index (κ2) is 7.68. The number of para-hydroxylation sites is 1. The molecular weight excluding hydrogens is 435 g/mol. The van der Waals surface area contributed by atoms with Crippen molar-refractivity contribution in [1.82, 2.24) is 0 Å². The SMILES string of the molecule is Cc1c(Cl)cccc1N1C(=O)[C@H]2[C@@H](ON(c3ccccc3)[C@H]2c2cccc(Cl)c2)C1=O. The molecule has 2 aliphatic heterocycles. The highest BCUT2D eigenvalue weighted by molar-refractivity contribution is 6.32. The fourth-order valence-electron chi connectivity index (χ4n) is 4.32. The van der Waals surface area contributed by atoms with E-state index in [1.165, 1.54) is 4.90 Å². The Morgan fingerprint density at radius 3 is 2.35 bits per heavy atom. The van der Waals surface area contributed by atoms with Crippen molar-refractivity contribution in [1.29, 1.82) is 0 Å². The molecule has 0 unspecified atom stereocenters. The number of anilines is 2. The van der Waals surface area contributed by atoms with E-state index >= 15 is 0 Å². The second-order valence-corrected chi connectivity index (χ2v) is 8.45. The van der Waals surface area contributed by atoms with Crippen LogP contribution in [0.25, 0.3) is 0 Å². The fraction of sp³-hybridized carbons (Fsp3) is 0.167. The van der Waals surface area contributed by atoms with Crippen molar-refractivity contribution in [2.24, 2.45) is 5.92 Å². The third-order valence-corrected chi connectivity index (χ3v) is 6.44. The number of rotatable bonds is 3. The molecular formula is C24H18Cl2N2O3. The van der Waals surface area contributed by atoms with Gasteiger partial charge in [0.1, 0.15) is 5.92 Å². The van der Waals surface area contributed by atoms with Crippen molar-refractivity contribution < 1.29 is 14.4 Å². The molecule has 156 valence electrons. The van der Waals surface area contributed by atoms with Gasteiger partial charge in [-0.3, -0.25) is 14.4 Å². The Kier molecular flexibility index (Phi) is 4.97. The summed E-state index contributed by atoms with van der Waals surface area (Å²) in [6, 6.07) is 21.4. The van der Waals surface area contributed by atoms with Gasteiger partial charge in [0.05, 0.1) is 17.4 Å². The van der Waals surface area contributed by atoms with Gasteiger partial charge in [-0.2, -0.15) is 0 Å². The second-order valence-electron chi connectivity index (χ2n) is 7.61. The van der Waals surface area contributed by atoms with Crippen LogP contribution in [0.3, 0.4) is 0 Å². The Balaban J connectivity index is 1.61. The molecule has 0 aliphatic carbocycles. The largest absolute Gasteiger partial charge is 0.273 e. The van der Waals surface area contributed by atoms with Crippen molar-refractivity contribution >= 4 is 46.4 Å². The van der Waals surface area contributed by atoms with Crippen LogP contribution in [0.2, 0.25) is 10.0 Å². The number of hydrogen-bond donors (Lipinski definition) is 0. The minimum atomic E-state index is -0.935. The molecule has 2 aliphatic rings. The van der Waals surface area contributed by atoms with Gasteiger partial charge in [0.25, 0.3) is 5.91 Å². The van der Waals surface area contributed by atoms with E-state index in [2.05, 4.69) is 0 Å². The Hall–Kier alpha value is -2.86. The van der Waals surface area contributed by atoms with Crippen LogP contribution in [-0.4, -0.2) is 17.9 Å². The predicted octanol–water partition coefficient (Wildman–Crippen LogP) is 5.35. The number of hydroxylamine groups is 1. The monoisotopic (exact) mass is 452 g/mol. The van der Waals surface area contributed by atoms with Gasteiger partial charge in [0.15, 0.2) is 6.10 Å². The first kappa shape index (κ1) is 20.1.